The number of benzene rings is 1. The predicted octanol–water partition coefficient (Wildman–Crippen LogP) is 2.74. The Kier molecular flexibility index (Phi) is 2.29. The second-order valence-electron chi connectivity index (χ2n) is 2.98. The van der Waals surface area contributed by atoms with E-state index in [0.717, 1.165) is 10.8 Å². The van der Waals surface area contributed by atoms with E-state index < -0.39 is 0 Å². The first kappa shape index (κ1) is 9.52. The number of pyridine rings is 1. The van der Waals surface area contributed by atoms with Crippen LogP contribution in [0.4, 0.5) is 0 Å². The molecule has 2 nitrogen and oxygen atoms in total. The van der Waals surface area contributed by atoms with Crippen molar-refractivity contribution in [2.24, 2.45) is 0 Å². The maximum atomic E-state index is 8.88. The number of rotatable bonds is 0. The minimum Gasteiger partial charge on any atom is -0.244 e. The molecule has 0 N–H and O–H groups in total. The Morgan fingerprint density at radius 1 is 1.33 bits per heavy atom. The maximum absolute atomic E-state index is 8.88. The molecule has 15 heavy (non-hydrogen) atoms. The molecule has 0 bridgehead atoms. The lowest BCUT2D eigenvalue weighted by Crippen LogP contribution is -1.86. The summed E-state index contributed by atoms with van der Waals surface area (Å²) >= 11 is 5.92. The van der Waals surface area contributed by atoms with E-state index in [2.05, 4.69) is 17.0 Å². The second kappa shape index (κ2) is 3.61. The Morgan fingerprint density at radius 2 is 2.13 bits per heavy atom. The van der Waals surface area contributed by atoms with E-state index in [-0.39, 0.29) is 0 Å². The lowest BCUT2D eigenvalue weighted by atomic mass is 10.0. The molecule has 3 heteroatoms. The third-order valence-corrected chi connectivity index (χ3v) is 2.43. The Balaban J connectivity index is 2.90. The lowest BCUT2D eigenvalue weighted by molar-refractivity contribution is 1.36. The van der Waals surface area contributed by atoms with Gasteiger partial charge in [0.15, 0.2) is 0 Å². The van der Waals surface area contributed by atoms with Gasteiger partial charge in [0.05, 0.1) is 5.56 Å². The zero-order chi connectivity index (χ0) is 10.8. The van der Waals surface area contributed by atoms with Crippen LogP contribution >= 0.6 is 11.6 Å². The van der Waals surface area contributed by atoms with Crippen molar-refractivity contribution >= 4 is 22.4 Å². The summed E-state index contributed by atoms with van der Waals surface area (Å²) in [6.45, 7) is 0. The van der Waals surface area contributed by atoms with Crippen molar-refractivity contribution in [3.63, 3.8) is 0 Å². The monoisotopic (exact) mass is 212 g/mol. The summed E-state index contributed by atoms with van der Waals surface area (Å²) in [5.74, 6) is 2.46. The largest absolute Gasteiger partial charge is 0.244 e. The van der Waals surface area contributed by atoms with Crippen LogP contribution in [0.2, 0.25) is 5.15 Å². The highest BCUT2D eigenvalue weighted by atomic mass is 35.5. The number of nitrogens with zero attached hydrogens (tertiary/aromatic N) is 2. The fourth-order valence-corrected chi connectivity index (χ4v) is 1.62. The molecule has 0 saturated carbocycles. The average Bonchev–Trinajstić information content (AvgIpc) is 2.28. The van der Waals surface area contributed by atoms with Gasteiger partial charge in [0.1, 0.15) is 11.2 Å². The molecule has 0 atom stereocenters. The molecule has 0 amide bonds. The van der Waals surface area contributed by atoms with Gasteiger partial charge in [-0.25, -0.2) is 4.98 Å². The number of hydrogen-bond acceptors (Lipinski definition) is 2. The fraction of sp³-hybridized carbons (Fsp3) is 0. The molecule has 2 rings (SSSR count). The highest BCUT2D eigenvalue weighted by Crippen LogP contribution is 2.24. The highest BCUT2D eigenvalue weighted by Gasteiger charge is 2.05. The van der Waals surface area contributed by atoms with Gasteiger partial charge in [-0.3, -0.25) is 0 Å². The van der Waals surface area contributed by atoms with Crippen LogP contribution in [-0.2, 0) is 0 Å². The molecule has 0 aliphatic carbocycles. The average molecular weight is 213 g/mol. The molecular weight excluding hydrogens is 208 g/mol. The summed E-state index contributed by atoms with van der Waals surface area (Å²) in [5.41, 5.74) is 1.02. The summed E-state index contributed by atoms with van der Waals surface area (Å²) in [5, 5.41) is 10.9. The normalized spacial score (nSPS) is 9.53. The maximum Gasteiger partial charge on any atom is 0.136 e. The van der Waals surface area contributed by atoms with E-state index in [1.165, 1.54) is 0 Å². The van der Waals surface area contributed by atoms with Crippen LogP contribution in [0.15, 0.2) is 24.4 Å². The number of nitriles is 1. The number of hydrogen-bond donors (Lipinski definition) is 0. The van der Waals surface area contributed by atoms with E-state index >= 15 is 0 Å². The molecule has 70 valence electrons. The van der Waals surface area contributed by atoms with Crippen LogP contribution in [0, 0.1) is 23.7 Å². The first-order valence-corrected chi connectivity index (χ1v) is 4.59. The Labute approximate surface area is 92.1 Å². The summed E-state index contributed by atoms with van der Waals surface area (Å²) < 4.78 is 0. The minimum atomic E-state index is 0.397. The molecular formula is C12H5ClN2. The highest BCUT2D eigenvalue weighted by molar-refractivity contribution is 6.34. The fourth-order valence-electron chi connectivity index (χ4n) is 1.40. The van der Waals surface area contributed by atoms with Gasteiger partial charge in [0.2, 0.25) is 0 Å². The third kappa shape index (κ3) is 1.52. The quantitative estimate of drug-likeness (QED) is 0.497. The molecule has 2 aromatic rings. The first-order valence-electron chi connectivity index (χ1n) is 4.21. The van der Waals surface area contributed by atoms with Crippen LogP contribution in [-0.4, -0.2) is 4.98 Å². The molecule has 0 radical (unpaired) electrons. The van der Waals surface area contributed by atoms with Crippen molar-refractivity contribution in [2.75, 3.05) is 0 Å². The summed E-state index contributed by atoms with van der Waals surface area (Å²) in [4.78, 5) is 3.95. The van der Waals surface area contributed by atoms with Crippen molar-refractivity contribution in [3.8, 4) is 18.4 Å². The Hall–Kier alpha value is -2.03. The summed E-state index contributed by atoms with van der Waals surface area (Å²) in [6, 6.07) is 7.28. The molecule has 0 aliphatic rings. The van der Waals surface area contributed by atoms with Gasteiger partial charge < -0.3 is 0 Å². The van der Waals surface area contributed by atoms with Crippen molar-refractivity contribution in [1.29, 1.82) is 5.26 Å². The van der Waals surface area contributed by atoms with Gasteiger partial charge in [-0.1, -0.05) is 17.5 Å². The van der Waals surface area contributed by atoms with E-state index in [0.29, 0.717) is 16.3 Å². The summed E-state index contributed by atoms with van der Waals surface area (Å²) in [7, 11) is 0. The van der Waals surface area contributed by atoms with Gasteiger partial charge >= 0.3 is 0 Å². The predicted molar refractivity (Wildman–Crippen MR) is 59.4 cm³/mol. The zero-order valence-corrected chi connectivity index (χ0v) is 8.42. The van der Waals surface area contributed by atoms with Gasteiger partial charge in [-0.15, -0.1) is 6.42 Å². The van der Waals surface area contributed by atoms with Gasteiger partial charge in [0.25, 0.3) is 0 Å². The number of halogens is 1. The molecule has 0 aliphatic heterocycles. The molecule has 0 spiro atoms. The van der Waals surface area contributed by atoms with E-state index in [1.807, 2.05) is 0 Å². The van der Waals surface area contributed by atoms with E-state index in [4.69, 9.17) is 23.3 Å². The van der Waals surface area contributed by atoms with Gasteiger partial charge in [0, 0.05) is 17.1 Å². The van der Waals surface area contributed by atoms with Crippen LogP contribution in [0.5, 0.6) is 0 Å². The molecule has 1 heterocycles. The number of terminal acetylenes is 1. The van der Waals surface area contributed by atoms with Crippen molar-refractivity contribution in [3.05, 3.63) is 40.7 Å². The summed E-state index contributed by atoms with van der Waals surface area (Å²) in [6.07, 6.45) is 6.90. The third-order valence-electron chi connectivity index (χ3n) is 2.13. The molecule has 1 aromatic carbocycles. The number of fused-ring (bicyclic) bond motifs is 1. The lowest BCUT2D eigenvalue weighted by Gasteiger charge is -2.02. The smallest absolute Gasteiger partial charge is 0.136 e. The van der Waals surface area contributed by atoms with Crippen LogP contribution in [0.3, 0.4) is 0 Å². The standard InChI is InChI=1S/C12H5ClN2/c1-2-8-6-11-9(5-10(8)7-14)3-4-15-12(11)13/h1,3-6H. The Morgan fingerprint density at radius 3 is 2.80 bits per heavy atom. The van der Waals surface area contributed by atoms with Crippen LogP contribution < -0.4 is 0 Å². The van der Waals surface area contributed by atoms with Crippen molar-refractivity contribution in [1.82, 2.24) is 4.98 Å². The van der Waals surface area contributed by atoms with E-state index in [9.17, 15) is 0 Å². The van der Waals surface area contributed by atoms with Crippen LogP contribution in [0.25, 0.3) is 10.8 Å². The van der Waals surface area contributed by atoms with E-state index in [1.54, 1.807) is 24.4 Å². The molecule has 0 saturated heterocycles. The molecule has 1 aromatic heterocycles. The SMILES string of the molecule is C#Cc1cc2c(Cl)nccc2cc1C#N. The Bertz CT molecular complexity index is 618. The zero-order valence-electron chi connectivity index (χ0n) is 7.66. The number of aromatic nitrogens is 1. The van der Waals surface area contributed by atoms with Gasteiger partial charge in [-0.05, 0) is 23.6 Å². The minimum absolute atomic E-state index is 0.397. The van der Waals surface area contributed by atoms with Gasteiger partial charge in [-0.2, -0.15) is 5.26 Å². The molecule has 0 fully saturated rings. The molecule has 0 unspecified atom stereocenters. The first-order chi connectivity index (χ1) is 7.26. The van der Waals surface area contributed by atoms with Crippen molar-refractivity contribution in [2.45, 2.75) is 0 Å². The topological polar surface area (TPSA) is 36.7 Å². The van der Waals surface area contributed by atoms with Crippen molar-refractivity contribution < 1.29 is 0 Å². The second-order valence-corrected chi connectivity index (χ2v) is 3.33. The van der Waals surface area contributed by atoms with Crippen LogP contribution in [0.1, 0.15) is 11.1 Å².